The summed E-state index contributed by atoms with van der Waals surface area (Å²) < 4.78 is 5.15. The Bertz CT molecular complexity index is 537. The van der Waals surface area contributed by atoms with Gasteiger partial charge < -0.3 is 9.84 Å². The van der Waals surface area contributed by atoms with Gasteiger partial charge in [-0.2, -0.15) is 4.98 Å². The summed E-state index contributed by atoms with van der Waals surface area (Å²) in [5.74, 6) is 1.08. The number of hydrogen-bond acceptors (Lipinski definition) is 4. The molecule has 1 aromatic carbocycles. The van der Waals surface area contributed by atoms with E-state index >= 15 is 0 Å². The van der Waals surface area contributed by atoms with Gasteiger partial charge in [0.1, 0.15) is 0 Å². The average Bonchev–Trinajstić information content (AvgIpc) is 2.95. The Labute approximate surface area is 118 Å². The van der Waals surface area contributed by atoms with Crippen molar-refractivity contribution in [2.45, 2.75) is 32.6 Å². The van der Waals surface area contributed by atoms with Crippen LogP contribution in [0.4, 0.5) is 0 Å². The maximum absolute atomic E-state index is 11.6. The van der Waals surface area contributed by atoms with Gasteiger partial charge in [0.15, 0.2) is 0 Å². The molecular weight excluding hydrogens is 254 g/mol. The molecule has 0 aliphatic rings. The summed E-state index contributed by atoms with van der Waals surface area (Å²) in [5, 5.41) is 6.79. The minimum atomic E-state index is 0.0258. The molecule has 0 bridgehead atoms. The highest BCUT2D eigenvalue weighted by atomic mass is 16.5. The van der Waals surface area contributed by atoms with E-state index in [9.17, 15) is 4.79 Å². The molecule has 5 heteroatoms. The first-order valence-corrected chi connectivity index (χ1v) is 6.94. The molecule has 20 heavy (non-hydrogen) atoms. The molecule has 0 fully saturated rings. The Morgan fingerprint density at radius 3 is 2.85 bits per heavy atom. The number of aryl methyl sites for hydroxylation is 1. The van der Waals surface area contributed by atoms with Crippen molar-refractivity contribution in [1.82, 2.24) is 15.5 Å². The van der Waals surface area contributed by atoms with Gasteiger partial charge in [-0.1, -0.05) is 48.8 Å². The second kappa shape index (κ2) is 7.43. The number of nitrogens with one attached hydrogen (secondary N) is 1. The molecule has 0 unspecified atom stereocenters. The summed E-state index contributed by atoms with van der Waals surface area (Å²) >= 11 is 0. The van der Waals surface area contributed by atoms with Gasteiger partial charge in [-0.15, -0.1) is 0 Å². The van der Waals surface area contributed by atoms with Crippen LogP contribution in [0.5, 0.6) is 0 Å². The van der Waals surface area contributed by atoms with Gasteiger partial charge in [0.25, 0.3) is 0 Å². The highest BCUT2D eigenvalue weighted by Gasteiger charge is 2.10. The van der Waals surface area contributed by atoms with E-state index in [-0.39, 0.29) is 5.91 Å². The molecule has 0 radical (unpaired) electrons. The molecule has 0 spiro atoms. The van der Waals surface area contributed by atoms with Crippen molar-refractivity contribution in [2.24, 2.45) is 0 Å². The average molecular weight is 273 g/mol. The summed E-state index contributed by atoms with van der Waals surface area (Å²) in [4.78, 5) is 15.9. The third-order valence-corrected chi connectivity index (χ3v) is 2.92. The van der Waals surface area contributed by atoms with Crippen LogP contribution in [0.15, 0.2) is 34.9 Å². The Morgan fingerprint density at radius 2 is 2.10 bits per heavy atom. The lowest BCUT2D eigenvalue weighted by Gasteiger charge is -2.01. The first kappa shape index (κ1) is 14.2. The summed E-state index contributed by atoms with van der Waals surface area (Å²) in [6, 6.07) is 9.63. The molecule has 1 aromatic heterocycles. The third-order valence-electron chi connectivity index (χ3n) is 2.92. The number of benzene rings is 1. The standard InChI is InChI=1S/C15H19N3O2/c1-2-3-11-16-13(19)9-10-14-17-15(18-20-14)12-7-5-4-6-8-12/h4-8H,2-3,9-11H2,1H3,(H,16,19). The molecule has 1 amide bonds. The van der Waals surface area contributed by atoms with Crippen molar-refractivity contribution < 1.29 is 9.32 Å². The number of carbonyl (C=O) groups is 1. The minimum absolute atomic E-state index is 0.0258. The van der Waals surface area contributed by atoms with E-state index in [1.165, 1.54) is 0 Å². The molecule has 2 aromatic rings. The number of rotatable bonds is 7. The Balaban J connectivity index is 1.83. The number of hydrogen-bond donors (Lipinski definition) is 1. The lowest BCUT2D eigenvalue weighted by atomic mass is 10.2. The fourth-order valence-electron chi connectivity index (χ4n) is 1.77. The molecule has 0 saturated carbocycles. The largest absolute Gasteiger partial charge is 0.356 e. The second-order valence-electron chi connectivity index (χ2n) is 4.58. The number of unbranched alkanes of at least 4 members (excludes halogenated alkanes) is 1. The number of amides is 1. The molecule has 0 aliphatic heterocycles. The van der Waals surface area contributed by atoms with Crippen LogP contribution < -0.4 is 5.32 Å². The Hall–Kier alpha value is -2.17. The molecule has 1 N–H and O–H groups in total. The topological polar surface area (TPSA) is 68.0 Å². The van der Waals surface area contributed by atoms with Gasteiger partial charge in [0.2, 0.25) is 17.6 Å². The zero-order valence-corrected chi connectivity index (χ0v) is 11.6. The van der Waals surface area contributed by atoms with Crippen LogP contribution >= 0.6 is 0 Å². The van der Waals surface area contributed by atoms with Crippen LogP contribution in [-0.2, 0) is 11.2 Å². The van der Waals surface area contributed by atoms with Gasteiger partial charge >= 0.3 is 0 Å². The quantitative estimate of drug-likeness (QED) is 0.787. The zero-order chi connectivity index (χ0) is 14.2. The Morgan fingerprint density at radius 1 is 1.30 bits per heavy atom. The van der Waals surface area contributed by atoms with Crippen molar-refractivity contribution in [1.29, 1.82) is 0 Å². The maximum atomic E-state index is 11.6. The van der Waals surface area contributed by atoms with Crippen molar-refractivity contribution in [3.05, 3.63) is 36.2 Å². The van der Waals surface area contributed by atoms with Crippen LogP contribution in [0.3, 0.4) is 0 Å². The van der Waals surface area contributed by atoms with Crippen molar-refractivity contribution in [3.8, 4) is 11.4 Å². The first-order chi connectivity index (χ1) is 9.79. The molecule has 1 heterocycles. The van der Waals surface area contributed by atoms with Crippen molar-refractivity contribution >= 4 is 5.91 Å². The predicted octanol–water partition coefficient (Wildman–Crippen LogP) is 2.59. The lowest BCUT2D eigenvalue weighted by Crippen LogP contribution is -2.24. The van der Waals surface area contributed by atoms with Crippen molar-refractivity contribution in [3.63, 3.8) is 0 Å². The summed E-state index contributed by atoms with van der Waals surface area (Å²) in [7, 11) is 0. The zero-order valence-electron chi connectivity index (χ0n) is 11.6. The highest BCUT2D eigenvalue weighted by molar-refractivity contribution is 5.75. The van der Waals surface area contributed by atoms with E-state index in [0.717, 1.165) is 24.9 Å². The van der Waals surface area contributed by atoms with Crippen LogP contribution in [0.25, 0.3) is 11.4 Å². The molecular formula is C15H19N3O2. The molecule has 0 saturated heterocycles. The van der Waals surface area contributed by atoms with E-state index in [1.54, 1.807) is 0 Å². The third kappa shape index (κ3) is 4.19. The monoisotopic (exact) mass is 273 g/mol. The minimum Gasteiger partial charge on any atom is -0.356 e. The maximum Gasteiger partial charge on any atom is 0.227 e. The number of carbonyl (C=O) groups excluding carboxylic acids is 1. The fourth-order valence-corrected chi connectivity index (χ4v) is 1.77. The van der Waals surface area contributed by atoms with Gasteiger partial charge in [0, 0.05) is 24.9 Å². The van der Waals surface area contributed by atoms with Crippen LogP contribution in [0, 0.1) is 0 Å². The molecule has 0 atom stereocenters. The van der Waals surface area contributed by atoms with Crippen LogP contribution in [-0.4, -0.2) is 22.6 Å². The number of aromatic nitrogens is 2. The van der Waals surface area contributed by atoms with E-state index in [1.807, 2.05) is 30.3 Å². The predicted molar refractivity (Wildman–Crippen MR) is 76.0 cm³/mol. The smallest absolute Gasteiger partial charge is 0.227 e. The first-order valence-electron chi connectivity index (χ1n) is 6.94. The molecule has 2 rings (SSSR count). The van der Waals surface area contributed by atoms with E-state index in [4.69, 9.17) is 4.52 Å². The fraction of sp³-hybridized carbons (Fsp3) is 0.400. The molecule has 0 aliphatic carbocycles. The van der Waals surface area contributed by atoms with Crippen LogP contribution in [0.1, 0.15) is 32.1 Å². The SMILES string of the molecule is CCCCNC(=O)CCc1nc(-c2ccccc2)no1. The van der Waals surface area contributed by atoms with Gasteiger partial charge in [-0.25, -0.2) is 0 Å². The van der Waals surface area contributed by atoms with E-state index in [2.05, 4.69) is 22.4 Å². The summed E-state index contributed by atoms with van der Waals surface area (Å²) in [6.45, 7) is 2.82. The molecule has 5 nitrogen and oxygen atoms in total. The van der Waals surface area contributed by atoms with Gasteiger partial charge in [-0.3, -0.25) is 4.79 Å². The second-order valence-corrected chi connectivity index (χ2v) is 4.58. The van der Waals surface area contributed by atoms with Gasteiger partial charge in [0.05, 0.1) is 0 Å². The summed E-state index contributed by atoms with van der Waals surface area (Å²) in [5.41, 5.74) is 0.912. The van der Waals surface area contributed by atoms with Crippen LogP contribution in [0.2, 0.25) is 0 Å². The van der Waals surface area contributed by atoms with Crippen molar-refractivity contribution in [2.75, 3.05) is 6.54 Å². The Kier molecular flexibility index (Phi) is 5.29. The lowest BCUT2D eigenvalue weighted by molar-refractivity contribution is -0.121. The summed E-state index contributed by atoms with van der Waals surface area (Å²) in [6.07, 6.45) is 2.92. The molecule has 106 valence electrons. The number of nitrogens with zero attached hydrogens (tertiary/aromatic N) is 2. The normalized spacial score (nSPS) is 10.4. The highest BCUT2D eigenvalue weighted by Crippen LogP contribution is 2.15. The van der Waals surface area contributed by atoms with E-state index in [0.29, 0.717) is 24.6 Å². The van der Waals surface area contributed by atoms with Gasteiger partial charge in [-0.05, 0) is 6.42 Å². The van der Waals surface area contributed by atoms with E-state index < -0.39 is 0 Å².